The summed E-state index contributed by atoms with van der Waals surface area (Å²) in [5.74, 6) is 0.0135. The normalized spacial score (nSPS) is 18.8. The van der Waals surface area contributed by atoms with Gasteiger partial charge in [-0.15, -0.1) is 0 Å². The third-order valence-electron chi connectivity index (χ3n) is 3.38. The van der Waals surface area contributed by atoms with Gasteiger partial charge in [-0.1, -0.05) is 12.6 Å². The van der Waals surface area contributed by atoms with E-state index in [0.717, 1.165) is 28.8 Å². The molecule has 0 aromatic heterocycles. The van der Waals surface area contributed by atoms with Crippen LogP contribution in [0.5, 0.6) is 0 Å². The topological polar surface area (TPSA) is 40.5 Å². The van der Waals surface area contributed by atoms with E-state index in [1.807, 2.05) is 18.2 Å². The lowest BCUT2D eigenvalue weighted by molar-refractivity contribution is -0.116. The van der Waals surface area contributed by atoms with E-state index in [2.05, 4.69) is 6.58 Å². The van der Waals surface area contributed by atoms with Gasteiger partial charge in [-0.2, -0.15) is 0 Å². The molecule has 1 amide bonds. The van der Waals surface area contributed by atoms with Crippen molar-refractivity contribution in [1.82, 2.24) is 0 Å². The fourth-order valence-electron chi connectivity index (χ4n) is 2.14. The summed E-state index contributed by atoms with van der Waals surface area (Å²) in [5, 5.41) is 9.73. The number of aliphatic hydroxyl groups excluding tert-OH is 1. The number of benzene rings is 1. The van der Waals surface area contributed by atoms with Crippen LogP contribution in [0.25, 0.3) is 5.57 Å². The van der Waals surface area contributed by atoms with Crippen LogP contribution in [0, 0.1) is 0 Å². The molecule has 1 unspecified atom stereocenters. The highest BCUT2D eigenvalue weighted by molar-refractivity contribution is 5.91. The molecule has 0 spiro atoms. The largest absolute Gasteiger partial charge is 0.388 e. The lowest BCUT2D eigenvalue weighted by Gasteiger charge is -2.25. The van der Waals surface area contributed by atoms with Gasteiger partial charge in [0.25, 0.3) is 0 Å². The first-order valence-corrected chi connectivity index (χ1v) is 5.75. The van der Waals surface area contributed by atoms with Crippen molar-refractivity contribution in [2.75, 3.05) is 11.9 Å². The van der Waals surface area contributed by atoms with Crippen molar-refractivity contribution in [3.05, 3.63) is 35.9 Å². The number of hydrogen-bond donors (Lipinski definition) is 1. The Hall–Kier alpha value is -1.61. The Morgan fingerprint density at radius 2 is 2.24 bits per heavy atom. The van der Waals surface area contributed by atoms with Gasteiger partial charge in [0.1, 0.15) is 0 Å². The highest BCUT2D eigenvalue weighted by Gasteiger charge is 2.21. The number of nitrogens with zero attached hydrogens (tertiary/aromatic N) is 1. The van der Waals surface area contributed by atoms with Crippen LogP contribution in [0.2, 0.25) is 0 Å². The summed E-state index contributed by atoms with van der Waals surface area (Å²) in [6.45, 7) is 5.46. The number of aryl methyl sites for hydroxylation is 1. The number of carbonyl (C=O) groups is 1. The zero-order chi connectivity index (χ0) is 12.6. The third-order valence-corrected chi connectivity index (χ3v) is 3.38. The highest BCUT2D eigenvalue weighted by Crippen LogP contribution is 2.32. The Labute approximate surface area is 101 Å². The summed E-state index contributed by atoms with van der Waals surface area (Å²) in [6, 6.07) is 5.84. The second kappa shape index (κ2) is 4.34. The molecule has 1 aromatic rings. The summed E-state index contributed by atoms with van der Waals surface area (Å²) < 4.78 is 0. The minimum absolute atomic E-state index is 0.0135. The predicted octanol–water partition coefficient (Wildman–Crippen LogP) is 1.99. The predicted molar refractivity (Wildman–Crippen MR) is 68.9 cm³/mol. The van der Waals surface area contributed by atoms with E-state index in [1.54, 1.807) is 18.9 Å². The maximum atomic E-state index is 11.3. The first-order valence-electron chi connectivity index (χ1n) is 5.75. The molecule has 1 aliphatic carbocycles. The van der Waals surface area contributed by atoms with Crippen molar-refractivity contribution < 1.29 is 9.90 Å². The van der Waals surface area contributed by atoms with Gasteiger partial charge in [-0.3, -0.25) is 4.79 Å². The molecule has 0 bridgehead atoms. The monoisotopic (exact) mass is 231 g/mol. The molecule has 2 rings (SSSR count). The Morgan fingerprint density at radius 1 is 1.53 bits per heavy atom. The molecule has 0 saturated heterocycles. The van der Waals surface area contributed by atoms with E-state index in [0.29, 0.717) is 6.42 Å². The van der Waals surface area contributed by atoms with Gasteiger partial charge in [-0.25, -0.2) is 0 Å². The Morgan fingerprint density at radius 3 is 2.88 bits per heavy atom. The number of aliphatic hydroxyl groups is 1. The van der Waals surface area contributed by atoms with Crippen LogP contribution in [-0.2, 0) is 11.2 Å². The summed E-state index contributed by atoms with van der Waals surface area (Å²) in [5.41, 5.74) is 3.85. The molecular formula is C14H17NO2. The molecule has 0 fully saturated rings. The van der Waals surface area contributed by atoms with Crippen molar-refractivity contribution in [2.24, 2.45) is 0 Å². The number of carbonyl (C=O) groups excluding carboxylic acids is 1. The SMILES string of the molecule is C=C1c2ccc(N(C)C(C)=O)cc2CCC1O. The quantitative estimate of drug-likeness (QED) is 0.803. The van der Waals surface area contributed by atoms with Crippen LogP contribution in [0.1, 0.15) is 24.5 Å². The van der Waals surface area contributed by atoms with Crippen molar-refractivity contribution >= 4 is 17.2 Å². The smallest absolute Gasteiger partial charge is 0.223 e. The maximum absolute atomic E-state index is 11.3. The fraction of sp³-hybridized carbons (Fsp3) is 0.357. The lowest BCUT2D eigenvalue weighted by Crippen LogP contribution is -2.24. The van der Waals surface area contributed by atoms with E-state index in [9.17, 15) is 9.90 Å². The standard InChI is InChI=1S/C14H17NO2/c1-9-13-6-5-12(15(3)10(2)16)8-11(13)4-7-14(9)17/h5-6,8,14,17H,1,4,7H2,2-3H3. The second-order valence-corrected chi connectivity index (χ2v) is 4.50. The molecule has 1 aliphatic rings. The number of hydrogen-bond acceptors (Lipinski definition) is 2. The molecule has 3 nitrogen and oxygen atoms in total. The fourth-order valence-corrected chi connectivity index (χ4v) is 2.14. The zero-order valence-electron chi connectivity index (χ0n) is 10.2. The van der Waals surface area contributed by atoms with Crippen LogP contribution < -0.4 is 4.90 Å². The maximum Gasteiger partial charge on any atom is 0.223 e. The van der Waals surface area contributed by atoms with E-state index < -0.39 is 6.10 Å². The summed E-state index contributed by atoms with van der Waals surface area (Å²) in [7, 11) is 1.76. The number of fused-ring (bicyclic) bond motifs is 1. The van der Waals surface area contributed by atoms with Gasteiger partial charge in [0, 0.05) is 19.7 Å². The molecule has 1 N–H and O–H groups in total. The zero-order valence-corrected chi connectivity index (χ0v) is 10.2. The molecular weight excluding hydrogens is 214 g/mol. The summed E-state index contributed by atoms with van der Waals surface area (Å²) >= 11 is 0. The van der Waals surface area contributed by atoms with Gasteiger partial charge in [0.05, 0.1) is 6.10 Å². The third kappa shape index (κ3) is 2.11. The van der Waals surface area contributed by atoms with Gasteiger partial charge >= 0.3 is 0 Å². The first kappa shape index (κ1) is 11.9. The first-order chi connectivity index (χ1) is 8.00. The molecule has 0 aliphatic heterocycles. The molecule has 1 aromatic carbocycles. The number of anilines is 1. The highest BCUT2D eigenvalue weighted by atomic mass is 16.3. The van der Waals surface area contributed by atoms with Gasteiger partial charge in [0.2, 0.25) is 5.91 Å². The molecule has 0 radical (unpaired) electrons. The van der Waals surface area contributed by atoms with Crippen LogP contribution in [0.3, 0.4) is 0 Å². The Kier molecular flexibility index (Phi) is 3.03. The molecule has 0 heterocycles. The molecule has 0 saturated carbocycles. The van der Waals surface area contributed by atoms with Gasteiger partial charge in [-0.05, 0) is 41.7 Å². The molecule has 3 heteroatoms. The molecule has 90 valence electrons. The van der Waals surface area contributed by atoms with E-state index in [1.165, 1.54) is 0 Å². The second-order valence-electron chi connectivity index (χ2n) is 4.50. The summed E-state index contributed by atoms with van der Waals surface area (Å²) in [6.07, 6.45) is 1.10. The number of amides is 1. The Balaban J connectivity index is 2.39. The van der Waals surface area contributed by atoms with Crippen LogP contribution in [-0.4, -0.2) is 24.2 Å². The average molecular weight is 231 g/mol. The minimum atomic E-state index is -0.432. The minimum Gasteiger partial charge on any atom is -0.388 e. The number of rotatable bonds is 1. The Bertz CT molecular complexity index is 479. The molecule has 17 heavy (non-hydrogen) atoms. The van der Waals surface area contributed by atoms with Gasteiger partial charge < -0.3 is 10.0 Å². The van der Waals surface area contributed by atoms with Crippen molar-refractivity contribution in [3.63, 3.8) is 0 Å². The van der Waals surface area contributed by atoms with Gasteiger partial charge in [0.15, 0.2) is 0 Å². The van der Waals surface area contributed by atoms with E-state index >= 15 is 0 Å². The van der Waals surface area contributed by atoms with Crippen molar-refractivity contribution in [3.8, 4) is 0 Å². The van der Waals surface area contributed by atoms with Crippen LogP contribution >= 0.6 is 0 Å². The molecule has 1 atom stereocenters. The van der Waals surface area contributed by atoms with E-state index in [4.69, 9.17) is 0 Å². The van der Waals surface area contributed by atoms with Crippen molar-refractivity contribution in [2.45, 2.75) is 25.9 Å². The summed E-state index contributed by atoms with van der Waals surface area (Å²) in [4.78, 5) is 12.9. The lowest BCUT2D eigenvalue weighted by atomic mass is 9.86. The van der Waals surface area contributed by atoms with Crippen LogP contribution in [0.4, 0.5) is 5.69 Å². The van der Waals surface area contributed by atoms with Crippen LogP contribution in [0.15, 0.2) is 24.8 Å². The van der Waals surface area contributed by atoms with E-state index in [-0.39, 0.29) is 5.91 Å². The average Bonchev–Trinajstić information content (AvgIpc) is 2.32. The van der Waals surface area contributed by atoms with Crippen molar-refractivity contribution in [1.29, 1.82) is 0 Å².